The first-order valence-corrected chi connectivity index (χ1v) is 10.4. The van der Waals surface area contributed by atoms with Crippen molar-refractivity contribution in [3.8, 4) is 5.75 Å². The van der Waals surface area contributed by atoms with Gasteiger partial charge in [0.15, 0.2) is 0 Å². The van der Waals surface area contributed by atoms with E-state index < -0.39 is 0 Å². The lowest BCUT2D eigenvalue weighted by Crippen LogP contribution is -2.31. The second-order valence-corrected chi connectivity index (χ2v) is 7.81. The molecule has 0 radical (unpaired) electrons. The standard InChI is InChI=1S/C23H29ClN4O3/c1-18(9-10-19(2)24)11-13-27(3)23(30)17-28-16-20(15-25-28)26-22(29)12-14-31-21-7-5-4-6-8-21/h4-10,15-16H,11-14,17H2,1-3H3,(H,26,29)/b18-9+,19-10+. The minimum Gasteiger partial charge on any atom is -0.493 e. The molecule has 0 unspecified atom stereocenters. The maximum Gasteiger partial charge on any atom is 0.244 e. The number of carbonyl (C=O) groups is 2. The van der Waals surface area contributed by atoms with Gasteiger partial charge in [-0.1, -0.05) is 41.4 Å². The summed E-state index contributed by atoms with van der Waals surface area (Å²) >= 11 is 5.82. The maximum atomic E-state index is 12.4. The number of rotatable bonds is 11. The molecule has 166 valence electrons. The number of hydrogen-bond donors (Lipinski definition) is 1. The van der Waals surface area contributed by atoms with Crippen LogP contribution in [0.4, 0.5) is 5.69 Å². The first-order valence-electron chi connectivity index (χ1n) is 10.1. The smallest absolute Gasteiger partial charge is 0.244 e. The Bertz CT molecular complexity index is 918. The zero-order valence-corrected chi connectivity index (χ0v) is 18.9. The van der Waals surface area contributed by atoms with Crippen molar-refractivity contribution in [1.29, 1.82) is 0 Å². The molecule has 0 saturated carbocycles. The zero-order chi connectivity index (χ0) is 22.6. The van der Waals surface area contributed by atoms with E-state index >= 15 is 0 Å². The van der Waals surface area contributed by atoms with Crippen LogP contribution in [0.1, 0.15) is 26.7 Å². The Balaban J connectivity index is 1.73. The lowest BCUT2D eigenvalue weighted by molar-refractivity contribution is -0.130. The van der Waals surface area contributed by atoms with Gasteiger partial charge in [0.25, 0.3) is 0 Å². The number of nitrogens with zero attached hydrogens (tertiary/aromatic N) is 3. The molecule has 2 aromatic rings. The molecule has 0 aliphatic heterocycles. The van der Waals surface area contributed by atoms with E-state index in [0.29, 0.717) is 17.3 Å². The summed E-state index contributed by atoms with van der Waals surface area (Å²) in [5, 5.41) is 7.63. The van der Waals surface area contributed by atoms with Gasteiger partial charge in [-0.05, 0) is 38.5 Å². The molecule has 0 bridgehead atoms. The van der Waals surface area contributed by atoms with E-state index in [1.165, 1.54) is 10.9 Å². The molecule has 0 aliphatic carbocycles. The van der Waals surface area contributed by atoms with E-state index in [0.717, 1.165) is 17.7 Å². The van der Waals surface area contributed by atoms with E-state index in [4.69, 9.17) is 16.3 Å². The van der Waals surface area contributed by atoms with Crippen molar-refractivity contribution in [2.75, 3.05) is 25.5 Å². The summed E-state index contributed by atoms with van der Waals surface area (Å²) < 4.78 is 7.03. The SMILES string of the molecule is C/C(Cl)=C\C=C(/C)CCN(C)C(=O)Cn1cc(NC(=O)CCOc2ccccc2)cn1. The van der Waals surface area contributed by atoms with Crippen molar-refractivity contribution >= 4 is 29.1 Å². The monoisotopic (exact) mass is 444 g/mol. The number of carbonyl (C=O) groups excluding carboxylic acids is 2. The largest absolute Gasteiger partial charge is 0.493 e. The highest BCUT2D eigenvalue weighted by molar-refractivity contribution is 6.29. The third-order valence-electron chi connectivity index (χ3n) is 4.42. The number of aromatic nitrogens is 2. The Morgan fingerprint density at radius 2 is 1.94 bits per heavy atom. The number of anilines is 1. The minimum absolute atomic E-state index is 0.0610. The number of amides is 2. The summed E-state index contributed by atoms with van der Waals surface area (Å²) in [4.78, 5) is 26.1. The molecule has 8 heteroatoms. The Morgan fingerprint density at radius 3 is 2.65 bits per heavy atom. The van der Waals surface area contributed by atoms with Crippen LogP contribution in [0, 0.1) is 0 Å². The summed E-state index contributed by atoms with van der Waals surface area (Å²) in [6.45, 7) is 4.80. The normalized spacial score (nSPS) is 11.9. The summed E-state index contributed by atoms with van der Waals surface area (Å²) in [5.74, 6) is 0.485. The highest BCUT2D eigenvalue weighted by Gasteiger charge is 2.11. The Morgan fingerprint density at radius 1 is 1.19 bits per heavy atom. The van der Waals surface area contributed by atoms with Gasteiger partial charge < -0.3 is 15.0 Å². The number of para-hydroxylation sites is 1. The van der Waals surface area contributed by atoms with Crippen LogP contribution in [0.2, 0.25) is 0 Å². The Labute approximate surface area is 188 Å². The fourth-order valence-electron chi connectivity index (χ4n) is 2.58. The van der Waals surface area contributed by atoms with E-state index in [1.807, 2.05) is 56.3 Å². The quantitative estimate of drug-likeness (QED) is 0.526. The lowest BCUT2D eigenvalue weighted by Gasteiger charge is -2.17. The number of benzene rings is 1. The van der Waals surface area contributed by atoms with E-state index in [1.54, 1.807) is 18.1 Å². The van der Waals surface area contributed by atoms with Gasteiger partial charge in [-0.25, -0.2) is 0 Å². The number of halogens is 1. The lowest BCUT2D eigenvalue weighted by atomic mass is 10.2. The second-order valence-electron chi connectivity index (χ2n) is 7.22. The van der Waals surface area contributed by atoms with E-state index in [9.17, 15) is 9.59 Å². The average Bonchev–Trinajstić information content (AvgIpc) is 3.17. The third kappa shape index (κ3) is 9.53. The predicted octanol–water partition coefficient (Wildman–Crippen LogP) is 4.23. The molecule has 2 amide bonds. The van der Waals surface area contributed by atoms with Crippen molar-refractivity contribution in [2.24, 2.45) is 0 Å². The van der Waals surface area contributed by atoms with Crippen molar-refractivity contribution < 1.29 is 14.3 Å². The van der Waals surface area contributed by atoms with Crippen LogP contribution in [0.5, 0.6) is 5.75 Å². The first-order chi connectivity index (χ1) is 14.8. The van der Waals surface area contributed by atoms with Crippen LogP contribution in [0.25, 0.3) is 0 Å². The minimum atomic E-state index is -0.178. The van der Waals surface area contributed by atoms with Crippen LogP contribution in [0.15, 0.2) is 65.5 Å². The van der Waals surface area contributed by atoms with Crippen LogP contribution < -0.4 is 10.1 Å². The van der Waals surface area contributed by atoms with Crippen LogP contribution in [0.3, 0.4) is 0 Å². The highest BCUT2D eigenvalue weighted by atomic mass is 35.5. The van der Waals surface area contributed by atoms with Gasteiger partial charge >= 0.3 is 0 Å². The van der Waals surface area contributed by atoms with Gasteiger partial charge in [-0.3, -0.25) is 14.3 Å². The summed E-state index contributed by atoms with van der Waals surface area (Å²) in [5.41, 5.74) is 1.68. The number of likely N-dealkylation sites (N-methyl/N-ethyl adjacent to an activating group) is 1. The molecule has 0 atom stereocenters. The molecule has 0 spiro atoms. The summed E-state index contributed by atoms with van der Waals surface area (Å²) in [6, 6.07) is 9.33. The summed E-state index contributed by atoms with van der Waals surface area (Å²) in [7, 11) is 1.76. The van der Waals surface area contributed by atoms with Gasteiger partial charge in [0, 0.05) is 24.8 Å². The highest BCUT2D eigenvalue weighted by Crippen LogP contribution is 2.10. The van der Waals surface area contributed by atoms with Crippen LogP contribution in [-0.4, -0.2) is 46.7 Å². The molecule has 1 aromatic carbocycles. The maximum absolute atomic E-state index is 12.4. The molecule has 1 heterocycles. The summed E-state index contributed by atoms with van der Waals surface area (Å²) in [6.07, 6.45) is 7.93. The number of allylic oxidation sites excluding steroid dienone is 3. The van der Waals surface area contributed by atoms with Crippen molar-refractivity contribution in [3.05, 3.63) is 65.5 Å². The van der Waals surface area contributed by atoms with Crippen molar-refractivity contribution in [3.63, 3.8) is 0 Å². The average molecular weight is 445 g/mol. The number of ether oxygens (including phenoxy) is 1. The number of nitrogens with one attached hydrogen (secondary N) is 1. The molecule has 0 aliphatic rings. The third-order valence-corrected chi connectivity index (χ3v) is 4.55. The molecular weight excluding hydrogens is 416 g/mol. The number of hydrogen-bond acceptors (Lipinski definition) is 4. The second kappa shape index (κ2) is 12.6. The van der Waals surface area contributed by atoms with Gasteiger partial charge in [-0.15, -0.1) is 0 Å². The fraction of sp³-hybridized carbons (Fsp3) is 0.348. The van der Waals surface area contributed by atoms with E-state index in [2.05, 4.69) is 10.4 Å². The first kappa shape index (κ1) is 24.2. The van der Waals surface area contributed by atoms with Gasteiger partial charge in [-0.2, -0.15) is 5.10 Å². The van der Waals surface area contributed by atoms with Crippen molar-refractivity contribution in [2.45, 2.75) is 33.2 Å². The van der Waals surface area contributed by atoms with Crippen LogP contribution in [-0.2, 0) is 16.1 Å². The van der Waals surface area contributed by atoms with Gasteiger partial charge in [0.05, 0.1) is 24.9 Å². The van der Waals surface area contributed by atoms with Gasteiger partial charge in [0.1, 0.15) is 12.3 Å². The van der Waals surface area contributed by atoms with Crippen molar-refractivity contribution in [1.82, 2.24) is 14.7 Å². The predicted molar refractivity (Wildman–Crippen MR) is 123 cm³/mol. The Hall–Kier alpha value is -3.06. The van der Waals surface area contributed by atoms with Gasteiger partial charge in [0.2, 0.25) is 11.8 Å². The molecular formula is C23H29ClN4O3. The zero-order valence-electron chi connectivity index (χ0n) is 18.2. The molecule has 31 heavy (non-hydrogen) atoms. The molecule has 2 rings (SSSR count). The molecule has 1 aromatic heterocycles. The molecule has 0 fully saturated rings. The molecule has 1 N–H and O–H groups in total. The topological polar surface area (TPSA) is 76.5 Å². The Kier molecular flexibility index (Phi) is 9.84. The van der Waals surface area contributed by atoms with E-state index in [-0.39, 0.29) is 31.4 Å². The fourth-order valence-corrected chi connectivity index (χ4v) is 2.65. The molecule has 0 saturated heterocycles. The van der Waals surface area contributed by atoms with Crippen LogP contribution >= 0.6 is 11.6 Å². The molecule has 7 nitrogen and oxygen atoms in total.